The van der Waals surface area contributed by atoms with Crippen molar-refractivity contribution >= 4 is 96.5 Å². The molecule has 0 atom stereocenters. The van der Waals surface area contributed by atoms with Crippen molar-refractivity contribution in [1.82, 2.24) is 19.9 Å². The van der Waals surface area contributed by atoms with E-state index in [0.29, 0.717) is 29.5 Å². The highest BCUT2D eigenvalue weighted by Gasteiger charge is 2.21. The van der Waals surface area contributed by atoms with Crippen LogP contribution in [0.5, 0.6) is 23.0 Å². The first-order valence-corrected chi connectivity index (χ1v) is 19.1. The van der Waals surface area contributed by atoms with Gasteiger partial charge in [-0.25, -0.2) is 29.5 Å². The summed E-state index contributed by atoms with van der Waals surface area (Å²) in [5.41, 5.74) is -0.0132. The van der Waals surface area contributed by atoms with Gasteiger partial charge >= 0.3 is 12.0 Å². The number of carboxylic acid groups (broad SMARTS) is 1. The lowest BCUT2D eigenvalue weighted by atomic mass is 10.1. The van der Waals surface area contributed by atoms with E-state index in [-0.39, 0.29) is 95.7 Å². The van der Waals surface area contributed by atoms with Gasteiger partial charge in [-0.2, -0.15) is 0 Å². The second-order valence-corrected chi connectivity index (χ2v) is 14.5. The van der Waals surface area contributed by atoms with Crippen LogP contribution < -0.4 is 26.0 Å². The van der Waals surface area contributed by atoms with Crippen molar-refractivity contribution in [1.29, 1.82) is 0 Å². The van der Waals surface area contributed by atoms with Gasteiger partial charge in [0.15, 0.2) is 12.0 Å². The number of carbonyl (C=O) groups is 5. The molecule has 0 bridgehead atoms. The molecule has 314 valence electrons. The summed E-state index contributed by atoms with van der Waals surface area (Å²) < 4.78 is 5.95. The number of rotatable bonds is 11. The van der Waals surface area contributed by atoms with Crippen LogP contribution in [-0.4, -0.2) is 77.1 Å². The van der Waals surface area contributed by atoms with Gasteiger partial charge in [0.2, 0.25) is 0 Å². The van der Waals surface area contributed by atoms with Gasteiger partial charge in [-0.05, 0) is 54.4 Å². The minimum atomic E-state index is -1.39. The van der Waals surface area contributed by atoms with Crippen LogP contribution in [0.3, 0.4) is 0 Å². The quantitative estimate of drug-likeness (QED) is 0.0580. The zero-order valence-electron chi connectivity index (χ0n) is 33.1. The van der Waals surface area contributed by atoms with Crippen LogP contribution in [0.4, 0.5) is 27.5 Å². The molecule has 4 aromatic carbocycles. The van der Waals surface area contributed by atoms with E-state index in [2.05, 4.69) is 41.2 Å². The van der Waals surface area contributed by atoms with E-state index in [0.717, 1.165) is 12.1 Å². The van der Waals surface area contributed by atoms with Crippen LogP contribution in [0.15, 0.2) is 97.1 Å². The number of hydrogen-bond acceptors (Lipinski definition) is 13. The Labute approximate surface area is 355 Å². The Kier molecular flexibility index (Phi) is 10.8. The predicted octanol–water partition coefficient (Wildman–Crippen LogP) is 7.69. The molecule has 0 saturated carbocycles. The zero-order valence-corrected chi connectivity index (χ0v) is 33.1. The number of ether oxygens (including phenoxy) is 1. The Morgan fingerprint density at radius 1 is 0.571 bits per heavy atom. The number of benzene rings is 4. The van der Waals surface area contributed by atoms with Gasteiger partial charge in [-0.1, -0.05) is 38.1 Å². The molecule has 0 radical (unpaired) electrons. The van der Waals surface area contributed by atoms with Gasteiger partial charge in [0, 0.05) is 45.8 Å². The van der Waals surface area contributed by atoms with E-state index in [4.69, 9.17) is 4.74 Å². The minimum Gasteiger partial charge on any atom is -0.507 e. The maximum atomic E-state index is 13.7. The Hall–Kier alpha value is -8.93. The van der Waals surface area contributed by atoms with Crippen molar-refractivity contribution in [3.63, 3.8) is 0 Å². The number of aromatic nitrogens is 4. The molecule has 18 nitrogen and oxygen atoms in total. The van der Waals surface area contributed by atoms with Crippen LogP contribution >= 0.6 is 0 Å². The highest BCUT2D eigenvalue weighted by atomic mass is 16.5. The molecule has 0 aliphatic rings. The highest BCUT2D eigenvalue weighted by molar-refractivity contribution is 6.14. The summed E-state index contributed by atoms with van der Waals surface area (Å²) in [5.74, 6) is -3.36. The molecule has 4 amide bonds. The van der Waals surface area contributed by atoms with Gasteiger partial charge in [0.05, 0.1) is 51.4 Å². The summed E-state index contributed by atoms with van der Waals surface area (Å²) in [6, 6.07) is 22.6. The normalized spacial score (nSPS) is 11.2. The summed E-state index contributed by atoms with van der Waals surface area (Å²) in [4.78, 5) is 81.6. The van der Waals surface area contributed by atoms with E-state index in [1.165, 1.54) is 48.5 Å². The average molecular weight is 847 g/mol. The second-order valence-electron chi connectivity index (χ2n) is 14.5. The lowest BCUT2D eigenvalue weighted by molar-refractivity contribution is 0.0689. The van der Waals surface area contributed by atoms with Crippen LogP contribution in [0.1, 0.15) is 55.8 Å². The number of para-hydroxylation sites is 4. The van der Waals surface area contributed by atoms with Crippen molar-refractivity contribution in [2.75, 3.05) is 27.9 Å². The molecule has 0 unspecified atom stereocenters. The van der Waals surface area contributed by atoms with E-state index in [1.54, 1.807) is 36.4 Å². The number of aldehydes is 1. The molecule has 63 heavy (non-hydrogen) atoms. The number of pyridine rings is 4. The molecule has 0 spiro atoms. The number of aromatic hydroxyl groups is 3. The number of anilines is 4. The molecule has 0 saturated heterocycles. The maximum absolute atomic E-state index is 13.7. The second kappa shape index (κ2) is 16.6. The van der Waals surface area contributed by atoms with Crippen LogP contribution in [-0.2, 0) is 0 Å². The molecular formula is C45H34N8O10. The number of hydrogen-bond donors (Lipinski definition) is 8. The van der Waals surface area contributed by atoms with Gasteiger partial charge in [-0.3, -0.25) is 14.4 Å². The topological polar surface area (TPSA) is 275 Å². The molecule has 8 N–H and O–H groups in total. The molecular weight excluding hydrogens is 813 g/mol. The number of carbonyl (C=O) groups excluding carboxylic acids is 4. The Bertz CT molecular complexity index is 3230. The first-order chi connectivity index (χ1) is 30.3. The van der Waals surface area contributed by atoms with E-state index < -0.39 is 29.5 Å². The van der Waals surface area contributed by atoms with Crippen molar-refractivity contribution in [3.05, 3.63) is 120 Å². The molecule has 4 aromatic heterocycles. The number of aromatic carboxylic acids is 1. The number of carboxylic acids is 1. The van der Waals surface area contributed by atoms with E-state index in [9.17, 15) is 44.4 Å². The number of amides is 4. The Morgan fingerprint density at radius 3 is 1.40 bits per heavy atom. The monoisotopic (exact) mass is 846 g/mol. The highest BCUT2D eigenvalue weighted by Crippen LogP contribution is 2.35. The average Bonchev–Trinajstić information content (AvgIpc) is 3.26. The Balaban J connectivity index is 1.05. The zero-order chi connectivity index (χ0) is 44.5. The van der Waals surface area contributed by atoms with Crippen molar-refractivity contribution in [2.45, 2.75) is 13.8 Å². The van der Waals surface area contributed by atoms with Crippen LogP contribution in [0, 0.1) is 5.92 Å². The Morgan fingerprint density at radius 2 is 0.968 bits per heavy atom. The van der Waals surface area contributed by atoms with Crippen LogP contribution in [0.2, 0.25) is 0 Å². The van der Waals surface area contributed by atoms with Gasteiger partial charge in [0.1, 0.15) is 40.1 Å². The maximum Gasteiger partial charge on any atom is 0.354 e. The fraction of sp³-hybridized carbons (Fsp3) is 0.0889. The molecule has 0 aliphatic heterocycles. The van der Waals surface area contributed by atoms with Crippen molar-refractivity contribution in [3.8, 4) is 23.0 Å². The molecule has 8 rings (SSSR count). The molecule has 0 aliphatic carbocycles. The molecule has 18 heteroatoms. The number of fused-ring (bicyclic) bond motifs is 4. The third-order valence-electron chi connectivity index (χ3n) is 9.64. The molecule has 4 heterocycles. The summed E-state index contributed by atoms with van der Waals surface area (Å²) in [7, 11) is 0. The number of nitrogens with zero attached hydrogens (tertiary/aromatic N) is 4. The third kappa shape index (κ3) is 8.18. The lowest BCUT2D eigenvalue weighted by Gasteiger charge is -2.15. The smallest absolute Gasteiger partial charge is 0.354 e. The largest absolute Gasteiger partial charge is 0.507 e. The van der Waals surface area contributed by atoms with Crippen molar-refractivity contribution in [2.24, 2.45) is 5.92 Å². The van der Waals surface area contributed by atoms with Gasteiger partial charge in [0.25, 0.3) is 11.8 Å². The first-order valence-electron chi connectivity index (χ1n) is 19.1. The molecule has 0 fully saturated rings. The summed E-state index contributed by atoms with van der Waals surface area (Å²) >= 11 is 0. The summed E-state index contributed by atoms with van der Waals surface area (Å²) in [6.45, 7) is 4.34. The fourth-order valence-electron chi connectivity index (χ4n) is 6.76. The van der Waals surface area contributed by atoms with Gasteiger partial charge in [-0.15, -0.1) is 0 Å². The van der Waals surface area contributed by atoms with E-state index >= 15 is 0 Å². The molecule has 8 aromatic rings. The predicted molar refractivity (Wildman–Crippen MR) is 233 cm³/mol. The minimum absolute atomic E-state index is 0.00544. The van der Waals surface area contributed by atoms with Crippen LogP contribution in [0.25, 0.3) is 43.6 Å². The third-order valence-corrected chi connectivity index (χ3v) is 9.64. The summed E-state index contributed by atoms with van der Waals surface area (Å²) in [6.07, 6.45) is 0.576. The lowest BCUT2D eigenvalue weighted by Crippen LogP contribution is -2.21. The number of urea groups is 1. The SMILES string of the molecule is CC(C)COc1cc(C=O)nc2c(NC(=O)c3cc(O)c4cccc(NC(=O)Nc5cccc6c(O)cc(C(=O)Nc7cccc8c(O)cc(C(=O)O)nc78)nc56)c4n3)cccc12. The summed E-state index contributed by atoms with van der Waals surface area (Å²) in [5, 5.41) is 53.6. The number of nitrogens with one attached hydrogen (secondary N) is 4. The van der Waals surface area contributed by atoms with E-state index in [1.807, 2.05) is 13.8 Å². The fourth-order valence-corrected chi connectivity index (χ4v) is 6.76. The first kappa shape index (κ1) is 40.8. The van der Waals surface area contributed by atoms with Gasteiger partial charge < -0.3 is 46.4 Å². The van der Waals surface area contributed by atoms with Crippen molar-refractivity contribution < 1.29 is 49.1 Å². The standard InChI is InChI=1S/C45H34N8O10/c1-21(2)20-63-37-15-22(19-54)46-41-26(37)10-6-12-28(41)51-43(59)32-17-35(56)24-9-5-14-30(40(24)48-32)53-45(62)52-29-13-4-8-23-34(55)16-31(47-39(23)29)42(58)50-27-11-3-7-25-36(57)18-33(44(60)61)49-38(25)27/h3-19,21H,20H2,1-2H3,(H,47,55)(H,48,56)(H,49,57)(H,50,58)(H,51,59)(H,60,61)(H2,52,53,62).